The quantitative estimate of drug-likeness (QED) is 0.829. The first-order valence-corrected chi connectivity index (χ1v) is 7.15. The SMILES string of the molecule is CC(C)(C(=O)N1CC2CCC1C2)c1ccc(N)cc1. The molecule has 3 nitrogen and oxygen atoms in total. The second-order valence-electron chi connectivity index (χ2n) is 6.54. The highest BCUT2D eigenvalue weighted by atomic mass is 16.2. The van der Waals surface area contributed by atoms with E-state index < -0.39 is 5.41 Å². The fourth-order valence-electron chi connectivity index (χ4n) is 3.56. The lowest BCUT2D eigenvalue weighted by atomic mass is 9.82. The van der Waals surface area contributed by atoms with E-state index in [1.165, 1.54) is 19.3 Å². The number of amides is 1. The number of anilines is 1. The molecule has 3 heteroatoms. The molecule has 2 unspecified atom stereocenters. The van der Waals surface area contributed by atoms with Crippen molar-refractivity contribution in [3.05, 3.63) is 29.8 Å². The van der Waals surface area contributed by atoms with Crippen LogP contribution in [-0.2, 0) is 10.2 Å². The maximum Gasteiger partial charge on any atom is 0.232 e. The third-order valence-corrected chi connectivity index (χ3v) is 4.84. The van der Waals surface area contributed by atoms with Gasteiger partial charge in [-0.15, -0.1) is 0 Å². The molecule has 2 aliphatic rings. The minimum absolute atomic E-state index is 0.268. The zero-order valence-corrected chi connectivity index (χ0v) is 11.7. The monoisotopic (exact) mass is 258 g/mol. The predicted molar refractivity (Wildman–Crippen MR) is 76.7 cm³/mol. The van der Waals surface area contributed by atoms with E-state index >= 15 is 0 Å². The molecule has 2 fully saturated rings. The van der Waals surface area contributed by atoms with Crippen LogP contribution in [0.4, 0.5) is 5.69 Å². The summed E-state index contributed by atoms with van der Waals surface area (Å²) in [7, 11) is 0. The van der Waals surface area contributed by atoms with Crippen LogP contribution in [0.1, 0.15) is 38.7 Å². The van der Waals surface area contributed by atoms with Crippen LogP contribution in [-0.4, -0.2) is 23.4 Å². The number of piperidine rings is 1. The van der Waals surface area contributed by atoms with Crippen molar-refractivity contribution in [3.8, 4) is 0 Å². The molecule has 1 saturated carbocycles. The summed E-state index contributed by atoms with van der Waals surface area (Å²) in [6.07, 6.45) is 3.70. The zero-order chi connectivity index (χ0) is 13.6. The Morgan fingerprint density at radius 2 is 1.95 bits per heavy atom. The van der Waals surface area contributed by atoms with E-state index in [0.29, 0.717) is 6.04 Å². The van der Waals surface area contributed by atoms with Crippen molar-refractivity contribution in [2.24, 2.45) is 5.92 Å². The van der Waals surface area contributed by atoms with Crippen LogP contribution in [0.15, 0.2) is 24.3 Å². The van der Waals surface area contributed by atoms with Gasteiger partial charge in [-0.05, 0) is 56.7 Å². The number of rotatable bonds is 2. The van der Waals surface area contributed by atoms with Gasteiger partial charge in [0, 0.05) is 18.3 Å². The van der Waals surface area contributed by atoms with Crippen LogP contribution >= 0.6 is 0 Å². The van der Waals surface area contributed by atoms with Crippen molar-refractivity contribution in [3.63, 3.8) is 0 Å². The molecule has 2 N–H and O–H groups in total. The largest absolute Gasteiger partial charge is 0.399 e. The van der Waals surface area contributed by atoms with Gasteiger partial charge in [0.2, 0.25) is 5.91 Å². The highest BCUT2D eigenvalue weighted by molar-refractivity contribution is 5.88. The topological polar surface area (TPSA) is 46.3 Å². The third kappa shape index (κ3) is 2.01. The average Bonchev–Trinajstić information content (AvgIpc) is 3.00. The van der Waals surface area contributed by atoms with Crippen LogP contribution in [0.3, 0.4) is 0 Å². The highest BCUT2D eigenvalue weighted by Gasteiger charge is 2.44. The molecule has 102 valence electrons. The van der Waals surface area contributed by atoms with Crippen LogP contribution in [0.2, 0.25) is 0 Å². The summed E-state index contributed by atoms with van der Waals surface area (Å²) in [5, 5.41) is 0. The molecular weight excluding hydrogens is 236 g/mol. The smallest absolute Gasteiger partial charge is 0.232 e. The van der Waals surface area contributed by atoms with Crippen molar-refractivity contribution < 1.29 is 4.79 Å². The van der Waals surface area contributed by atoms with Gasteiger partial charge in [-0.2, -0.15) is 0 Å². The zero-order valence-electron chi connectivity index (χ0n) is 11.7. The second-order valence-corrected chi connectivity index (χ2v) is 6.54. The Hall–Kier alpha value is -1.51. The van der Waals surface area contributed by atoms with Gasteiger partial charge in [-0.3, -0.25) is 4.79 Å². The van der Waals surface area contributed by atoms with Crippen LogP contribution in [0.5, 0.6) is 0 Å². The normalized spacial score (nSPS) is 25.9. The van der Waals surface area contributed by atoms with Crippen LogP contribution in [0.25, 0.3) is 0 Å². The minimum Gasteiger partial charge on any atom is -0.399 e. The van der Waals surface area contributed by atoms with Gasteiger partial charge in [-0.25, -0.2) is 0 Å². The second kappa shape index (κ2) is 4.26. The van der Waals surface area contributed by atoms with E-state index in [2.05, 4.69) is 4.90 Å². The van der Waals surface area contributed by atoms with E-state index in [0.717, 1.165) is 23.7 Å². The van der Waals surface area contributed by atoms with Gasteiger partial charge in [0.25, 0.3) is 0 Å². The van der Waals surface area contributed by atoms with E-state index in [4.69, 9.17) is 5.73 Å². The number of benzene rings is 1. The van der Waals surface area contributed by atoms with E-state index in [1.807, 2.05) is 38.1 Å². The number of fused-ring (bicyclic) bond motifs is 2. The molecule has 19 heavy (non-hydrogen) atoms. The van der Waals surface area contributed by atoms with Gasteiger partial charge in [0.05, 0.1) is 5.41 Å². The summed E-state index contributed by atoms with van der Waals surface area (Å²) in [6.45, 7) is 5.00. The molecule has 2 bridgehead atoms. The molecule has 0 spiro atoms. The van der Waals surface area contributed by atoms with E-state index in [9.17, 15) is 4.79 Å². The Kier molecular flexibility index (Phi) is 2.80. The number of nitrogens with two attached hydrogens (primary N) is 1. The summed E-state index contributed by atoms with van der Waals surface area (Å²) in [6, 6.07) is 8.19. The summed E-state index contributed by atoms with van der Waals surface area (Å²) in [5.41, 5.74) is 7.06. The van der Waals surface area contributed by atoms with Crippen molar-refractivity contribution >= 4 is 11.6 Å². The maximum atomic E-state index is 12.8. The molecule has 1 aromatic carbocycles. The van der Waals surface area contributed by atoms with E-state index in [-0.39, 0.29) is 5.91 Å². The minimum atomic E-state index is -0.460. The molecule has 1 saturated heterocycles. The van der Waals surface area contributed by atoms with Crippen LogP contribution < -0.4 is 5.73 Å². The first kappa shape index (κ1) is 12.5. The fraction of sp³-hybridized carbons (Fsp3) is 0.562. The lowest BCUT2D eigenvalue weighted by Gasteiger charge is -2.35. The van der Waals surface area contributed by atoms with Crippen molar-refractivity contribution in [1.29, 1.82) is 0 Å². The standard InChI is InChI=1S/C16H22N2O/c1-16(2,12-4-6-13(17)7-5-12)15(19)18-10-11-3-8-14(18)9-11/h4-7,11,14H,3,8-10,17H2,1-2H3. The van der Waals surface area contributed by atoms with E-state index in [1.54, 1.807) is 0 Å². The number of likely N-dealkylation sites (tertiary alicyclic amines) is 1. The fourth-order valence-corrected chi connectivity index (χ4v) is 3.56. The molecule has 3 rings (SSSR count). The van der Waals surface area contributed by atoms with Gasteiger partial charge >= 0.3 is 0 Å². The molecule has 1 heterocycles. The van der Waals surface area contributed by atoms with Gasteiger partial charge in [-0.1, -0.05) is 12.1 Å². The Morgan fingerprint density at radius 3 is 2.47 bits per heavy atom. The van der Waals surface area contributed by atoms with Crippen molar-refractivity contribution in [1.82, 2.24) is 4.90 Å². The summed E-state index contributed by atoms with van der Waals surface area (Å²) >= 11 is 0. The Balaban J connectivity index is 1.83. The molecule has 0 aromatic heterocycles. The molecule has 1 amide bonds. The lowest BCUT2D eigenvalue weighted by molar-refractivity contribution is -0.138. The van der Waals surface area contributed by atoms with Crippen LogP contribution in [0, 0.1) is 5.92 Å². The van der Waals surface area contributed by atoms with Gasteiger partial charge in [0.15, 0.2) is 0 Å². The maximum absolute atomic E-state index is 12.8. The number of hydrogen-bond acceptors (Lipinski definition) is 2. The number of hydrogen-bond donors (Lipinski definition) is 1. The average molecular weight is 258 g/mol. The van der Waals surface area contributed by atoms with Gasteiger partial charge < -0.3 is 10.6 Å². The van der Waals surface area contributed by atoms with Crippen molar-refractivity contribution in [2.45, 2.75) is 44.6 Å². The molecule has 2 atom stereocenters. The Morgan fingerprint density at radius 1 is 1.26 bits per heavy atom. The molecule has 0 radical (unpaired) electrons. The molecular formula is C16H22N2O. The number of nitrogen functional groups attached to an aromatic ring is 1. The predicted octanol–water partition coefficient (Wildman–Crippen LogP) is 2.56. The summed E-state index contributed by atoms with van der Waals surface area (Å²) in [4.78, 5) is 15.0. The first-order chi connectivity index (χ1) is 8.98. The molecule has 1 aromatic rings. The number of nitrogens with zero attached hydrogens (tertiary/aromatic N) is 1. The Labute approximate surface area is 114 Å². The van der Waals surface area contributed by atoms with Crippen molar-refractivity contribution in [2.75, 3.05) is 12.3 Å². The summed E-state index contributed by atoms with van der Waals surface area (Å²) < 4.78 is 0. The van der Waals surface area contributed by atoms with Gasteiger partial charge in [0.1, 0.15) is 0 Å². The lowest BCUT2D eigenvalue weighted by Crippen LogP contribution is -2.47. The molecule has 1 aliphatic carbocycles. The summed E-state index contributed by atoms with van der Waals surface area (Å²) in [5.74, 6) is 1.01. The molecule has 1 aliphatic heterocycles. The first-order valence-electron chi connectivity index (χ1n) is 7.15. The number of carbonyl (C=O) groups excluding carboxylic acids is 1. The number of carbonyl (C=O) groups is 1. The highest BCUT2D eigenvalue weighted by Crippen LogP contribution is 2.40. The third-order valence-electron chi connectivity index (χ3n) is 4.84. The Bertz CT molecular complexity index is 492.